The molecular formula is C23H24N2O7. The Labute approximate surface area is 183 Å². The molecule has 1 aliphatic rings. The third kappa shape index (κ3) is 3.59. The summed E-state index contributed by atoms with van der Waals surface area (Å²) in [6.07, 6.45) is 0.755. The topological polar surface area (TPSA) is 115 Å². The Morgan fingerprint density at radius 1 is 1.19 bits per heavy atom. The molecule has 1 saturated heterocycles. The van der Waals surface area contributed by atoms with Crippen LogP contribution in [-0.4, -0.2) is 55.4 Å². The van der Waals surface area contributed by atoms with Crippen LogP contribution in [0.2, 0.25) is 0 Å². The molecule has 1 aromatic heterocycles. The quantitative estimate of drug-likeness (QED) is 0.459. The Kier molecular flexibility index (Phi) is 5.86. The third-order valence-electron chi connectivity index (χ3n) is 6.15. The lowest BCUT2D eigenvalue weighted by molar-refractivity contribution is -0.384. The summed E-state index contributed by atoms with van der Waals surface area (Å²) in [5, 5.41) is 21.3. The van der Waals surface area contributed by atoms with Gasteiger partial charge in [-0.15, -0.1) is 0 Å². The van der Waals surface area contributed by atoms with E-state index in [1.165, 1.54) is 32.4 Å². The van der Waals surface area contributed by atoms with Gasteiger partial charge in [-0.2, -0.15) is 0 Å². The number of aliphatic hydroxyl groups excluding tert-OH is 1. The number of nitro groups is 1. The minimum Gasteiger partial charge on any atom is -0.496 e. The van der Waals surface area contributed by atoms with E-state index in [0.717, 1.165) is 13.0 Å². The summed E-state index contributed by atoms with van der Waals surface area (Å²) >= 11 is 0. The van der Waals surface area contributed by atoms with E-state index < -0.39 is 4.92 Å². The molecule has 0 spiro atoms. The second-order valence-electron chi connectivity index (χ2n) is 7.80. The SMILES string of the molecule is COc1cc(OC)c2c(=O)cc(-c3ccc([N+](=O)[O-])cc3)oc2c1C1CCN(C)[C@@H]1CO. The maximum absolute atomic E-state index is 13.2. The van der Waals surface area contributed by atoms with E-state index in [0.29, 0.717) is 33.6 Å². The number of rotatable bonds is 6. The zero-order valence-electron chi connectivity index (χ0n) is 18.0. The summed E-state index contributed by atoms with van der Waals surface area (Å²) in [6, 6.07) is 8.67. The number of fused-ring (bicyclic) bond motifs is 1. The molecule has 1 unspecified atom stereocenters. The van der Waals surface area contributed by atoms with Gasteiger partial charge in [0.15, 0.2) is 5.43 Å². The fourth-order valence-corrected chi connectivity index (χ4v) is 4.48. The summed E-state index contributed by atoms with van der Waals surface area (Å²) in [5.41, 5.74) is 1.21. The highest BCUT2D eigenvalue weighted by molar-refractivity contribution is 5.90. The number of nitrogens with zero attached hydrogens (tertiary/aromatic N) is 2. The molecule has 1 aliphatic heterocycles. The van der Waals surface area contributed by atoms with Crippen LogP contribution in [0, 0.1) is 10.1 Å². The van der Waals surface area contributed by atoms with Crippen LogP contribution in [0.4, 0.5) is 5.69 Å². The van der Waals surface area contributed by atoms with Crippen molar-refractivity contribution >= 4 is 16.7 Å². The lowest BCUT2D eigenvalue weighted by Gasteiger charge is -2.25. The molecule has 0 amide bonds. The molecule has 168 valence electrons. The van der Waals surface area contributed by atoms with Crippen LogP contribution in [0.25, 0.3) is 22.3 Å². The van der Waals surface area contributed by atoms with Crippen LogP contribution in [0.5, 0.6) is 11.5 Å². The Morgan fingerprint density at radius 2 is 1.88 bits per heavy atom. The number of aliphatic hydroxyl groups is 1. The van der Waals surface area contributed by atoms with Crippen molar-refractivity contribution in [3.63, 3.8) is 0 Å². The maximum Gasteiger partial charge on any atom is 0.269 e. The molecule has 9 nitrogen and oxygen atoms in total. The summed E-state index contributed by atoms with van der Waals surface area (Å²) in [7, 11) is 4.95. The summed E-state index contributed by atoms with van der Waals surface area (Å²) in [5.74, 6) is 0.998. The number of hydrogen-bond acceptors (Lipinski definition) is 8. The van der Waals surface area contributed by atoms with E-state index in [-0.39, 0.29) is 35.4 Å². The zero-order chi connectivity index (χ0) is 23.0. The predicted molar refractivity (Wildman–Crippen MR) is 119 cm³/mol. The molecule has 0 bridgehead atoms. The molecule has 2 heterocycles. The van der Waals surface area contributed by atoms with E-state index in [2.05, 4.69) is 4.90 Å². The number of non-ortho nitro benzene ring substituents is 1. The van der Waals surface area contributed by atoms with Gasteiger partial charge in [0, 0.05) is 47.4 Å². The Hall–Kier alpha value is -3.43. The third-order valence-corrected chi connectivity index (χ3v) is 6.15. The molecule has 2 aromatic carbocycles. The normalized spacial score (nSPS) is 18.8. The Morgan fingerprint density at radius 3 is 2.47 bits per heavy atom. The van der Waals surface area contributed by atoms with Crippen molar-refractivity contribution in [2.45, 2.75) is 18.4 Å². The fourth-order valence-electron chi connectivity index (χ4n) is 4.48. The maximum atomic E-state index is 13.2. The first kappa shape index (κ1) is 21.8. The highest BCUT2D eigenvalue weighted by Gasteiger charge is 2.37. The van der Waals surface area contributed by atoms with Crippen LogP contribution in [0.1, 0.15) is 17.9 Å². The lowest BCUT2D eigenvalue weighted by Crippen LogP contribution is -2.32. The zero-order valence-corrected chi connectivity index (χ0v) is 18.0. The van der Waals surface area contributed by atoms with E-state index in [4.69, 9.17) is 13.9 Å². The average molecular weight is 440 g/mol. The molecule has 4 rings (SSSR count). The van der Waals surface area contributed by atoms with Gasteiger partial charge in [-0.1, -0.05) is 0 Å². The van der Waals surface area contributed by atoms with Gasteiger partial charge in [0.2, 0.25) is 0 Å². The molecule has 1 fully saturated rings. The predicted octanol–water partition coefficient (Wildman–Crippen LogP) is 3.17. The van der Waals surface area contributed by atoms with E-state index in [1.807, 2.05) is 7.05 Å². The van der Waals surface area contributed by atoms with Crippen molar-refractivity contribution in [2.75, 3.05) is 34.4 Å². The minimum absolute atomic E-state index is 0.0515. The number of likely N-dealkylation sites (tertiary alicyclic amines) is 1. The molecular weight excluding hydrogens is 416 g/mol. The molecule has 32 heavy (non-hydrogen) atoms. The van der Waals surface area contributed by atoms with Gasteiger partial charge >= 0.3 is 0 Å². The molecule has 1 N–H and O–H groups in total. The van der Waals surface area contributed by atoms with Gasteiger partial charge in [-0.3, -0.25) is 14.9 Å². The standard InChI is InChI=1S/C23H24N2O7/c1-24-9-8-15(16(24)12-26)21-19(30-2)11-20(31-3)22-17(27)10-18(32-23(21)22)13-4-6-14(7-5-13)25(28)29/h4-7,10-11,15-16,26H,8-9,12H2,1-3H3/t15?,16-/m1/s1. The minimum atomic E-state index is -0.486. The Bertz CT molecular complexity index is 1220. The van der Waals surface area contributed by atoms with Gasteiger partial charge in [0.25, 0.3) is 5.69 Å². The Balaban J connectivity index is 1.99. The van der Waals surface area contributed by atoms with Gasteiger partial charge < -0.3 is 23.9 Å². The van der Waals surface area contributed by atoms with Crippen LogP contribution >= 0.6 is 0 Å². The first-order valence-corrected chi connectivity index (χ1v) is 10.2. The van der Waals surface area contributed by atoms with Crippen molar-refractivity contribution in [3.8, 4) is 22.8 Å². The van der Waals surface area contributed by atoms with Gasteiger partial charge in [-0.25, -0.2) is 0 Å². The van der Waals surface area contributed by atoms with Crippen molar-refractivity contribution in [1.29, 1.82) is 0 Å². The number of ether oxygens (including phenoxy) is 2. The van der Waals surface area contributed by atoms with Crippen LogP contribution in [0.3, 0.4) is 0 Å². The van der Waals surface area contributed by atoms with Gasteiger partial charge in [0.1, 0.15) is 28.2 Å². The molecule has 2 atom stereocenters. The summed E-state index contributed by atoms with van der Waals surface area (Å²) in [6.45, 7) is 0.725. The summed E-state index contributed by atoms with van der Waals surface area (Å²) < 4.78 is 17.4. The van der Waals surface area contributed by atoms with E-state index in [9.17, 15) is 20.0 Å². The average Bonchev–Trinajstić information content (AvgIpc) is 3.17. The highest BCUT2D eigenvalue weighted by Crippen LogP contribution is 2.44. The van der Waals surface area contributed by atoms with Crippen molar-refractivity contribution in [1.82, 2.24) is 4.90 Å². The molecule has 9 heteroatoms. The molecule has 3 aromatic rings. The fraction of sp³-hybridized carbons (Fsp3) is 0.348. The van der Waals surface area contributed by atoms with Crippen LogP contribution in [0.15, 0.2) is 45.6 Å². The monoisotopic (exact) mass is 440 g/mol. The molecule has 0 aliphatic carbocycles. The molecule has 0 saturated carbocycles. The van der Waals surface area contributed by atoms with Crippen LogP contribution in [-0.2, 0) is 0 Å². The second kappa shape index (κ2) is 8.60. The van der Waals surface area contributed by atoms with E-state index in [1.54, 1.807) is 18.2 Å². The van der Waals surface area contributed by atoms with Crippen molar-refractivity contribution < 1.29 is 23.9 Å². The largest absolute Gasteiger partial charge is 0.496 e. The van der Waals surface area contributed by atoms with Gasteiger partial charge in [-0.05, 0) is 32.1 Å². The second-order valence-corrected chi connectivity index (χ2v) is 7.80. The number of benzene rings is 2. The highest BCUT2D eigenvalue weighted by atomic mass is 16.6. The van der Waals surface area contributed by atoms with Gasteiger partial charge in [0.05, 0.1) is 25.7 Å². The first-order valence-electron chi connectivity index (χ1n) is 10.2. The lowest BCUT2D eigenvalue weighted by atomic mass is 9.89. The number of methoxy groups -OCH3 is 2. The molecule has 0 radical (unpaired) electrons. The number of nitro benzene ring substituents is 1. The summed E-state index contributed by atoms with van der Waals surface area (Å²) in [4.78, 5) is 25.7. The van der Waals surface area contributed by atoms with Crippen molar-refractivity contribution in [3.05, 3.63) is 62.3 Å². The number of likely N-dealkylation sites (N-methyl/N-ethyl adjacent to an activating group) is 1. The number of hydrogen-bond donors (Lipinski definition) is 1. The van der Waals surface area contributed by atoms with Crippen LogP contribution < -0.4 is 14.9 Å². The van der Waals surface area contributed by atoms with Crippen molar-refractivity contribution in [2.24, 2.45) is 0 Å². The van der Waals surface area contributed by atoms with E-state index >= 15 is 0 Å². The first-order chi connectivity index (χ1) is 15.4. The smallest absolute Gasteiger partial charge is 0.269 e.